The van der Waals surface area contributed by atoms with Gasteiger partial charge in [-0.15, -0.1) is 0 Å². The van der Waals surface area contributed by atoms with Crippen LogP contribution in [0.15, 0.2) is 0 Å². The minimum absolute atomic E-state index is 0.0488. The monoisotopic (exact) mass is 281 g/mol. The number of amides is 1. The van der Waals surface area contributed by atoms with E-state index in [0.29, 0.717) is 6.42 Å². The van der Waals surface area contributed by atoms with Gasteiger partial charge in [-0.3, -0.25) is 4.79 Å². The highest BCUT2D eigenvalue weighted by molar-refractivity contribution is 5.77. The number of hydrogen-bond acceptors (Lipinski definition) is 3. The summed E-state index contributed by atoms with van der Waals surface area (Å²) in [6.45, 7) is 0.804. The van der Waals surface area contributed by atoms with Crippen molar-refractivity contribution in [3.05, 3.63) is 0 Å². The number of carbonyl (C=O) groups excluding carboxylic acids is 1. The molecule has 2 N–H and O–H groups in total. The van der Waals surface area contributed by atoms with Crippen LogP contribution < -0.4 is 10.6 Å². The molecule has 1 amide bonds. The molecule has 20 heavy (non-hydrogen) atoms. The zero-order valence-corrected chi connectivity index (χ0v) is 13.4. The molecule has 2 fully saturated rings. The topological polar surface area (TPSA) is 44.4 Å². The Hall–Kier alpha value is -0.610. The minimum atomic E-state index is 0.0488. The second-order valence-corrected chi connectivity index (χ2v) is 7.02. The fourth-order valence-corrected chi connectivity index (χ4v) is 3.74. The van der Waals surface area contributed by atoms with E-state index in [0.717, 1.165) is 19.4 Å². The van der Waals surface area contributed by atoms with E-state index in [1.165, 1.54) is 38.5 Å². The van der Waals surface area contributed by atoms with Crippen LogP contribution in [-0.4, -0.2) is 49.6 Å². The van der Waals surface area contributed by atoms with Gasteiger partial charge in [-0.25, -0.2) is 0 Å². The first-order valence-electron chi connectivity index (χ1n) is 8.15. The fraction of sp³-hybridized carbons (Fsp3) is 0.938. The van der Waals surface area contributed by atoms with Gasteiger partial charge in [0.1, 0.15) is 0 Å². The van der Waals surface area contributed by atoms with Gasteiger partial charge in [0.15, 0.2) is 0 Å². The Labute approximate surface area is 123 Å². The van der Waals surface area contributed by atoms with E-state index in [1.807, 2.05) is 7.05 Å². The lowest BCUT2D eigenvalue weighted by molar-refractivity contribution is -0.123. The van der Waals surface area contributed by atoms with Crippen LogP contribution >= 0.6 is 0 Å². The standard InChI is InChI=1S/C16H31N3O/c1-17-15(8-5-4-6-9-15)12-14(20)18-13-16(19(2)3)10-7-11-16/h17H,4-13H2,1-3H3,(H,18,20). The molecule has 0 atom stereocenters. The summed E-state index contributed by atoms with van der Waals surface area (Å²) in [7, 11) is 6.26. The summed E-state index contributed by atoms with van der Waals surface area (Å²) >= 11 is 0. The van der Waals surface area contributed by atoms with Crippen molar-refractivity contribution in [3.8, 4) is 0 Å². The molecule has 2 aliphatic rings. The molecule has 116 valence electrons. The first-order chi connectivity index (χ1) is 9.52. The van der Waals surface area contributed by atoms with Gasteiger partial charge < -0.3 is 15.5 Å². The van der Waals surface area contributed by atoms with Crippen LogP contribution in [0.2, 0.25) is 0 Å². The molecule has 0 radical (unpaired) electrons. The second kappa shape index (κ2) is 6.44. The van der Waals surface area contributed by atoms with Crippen molar-refractivity contribution in [2.45, 2.75) is 68.9 Å². The fourth-order valence-electron chi connectivity index (χ4n) is 3.74. The van der Waals surface area contributed by atoms with E-state index < -0.39 is 0 Å². The Morgan fingerprint density at radius 1 is 1.05 bits per heavy atom. The van der Waals surface area contributed by atoms with Crippen LogP contribution in [0.25, 0.3) is 0 Å². The van der Waals surface area contributed by atoms with Gasteiger partial charge in [0, 0.05) is 24.0 Å². The third-order valence-corrected chi connectivity index (χ3v) is 5.69. The summed E-state index contributed by atoms with van der Waals surface area (Å²) < 4.78 is 0. The van der Waals surface area contributed by atoms with Gasteiger partial charge in [0.2, 0.25) is 5.91 Å². The first kappa shape index (κ1) is 15.8. The number of hydrogen-bond donors (Lipinski definition) is 2. The van der Waals surface area contributed by atoms with Gasteiger partial charge in [-0.1, -0.05) is 19.3 Å². The van der Waals surface area contributed by atoms with E-state index in [1.54, 1.807) is 0 Å². The van der Waals surface area contributed by atoms with Gasteiger partial charge in [0.05, 0.1) is 0 Å². The van der Waals surface area contributed by atoms with Crippen molar-refractivity contribution in [2.75, 3.05) is 27.7 Å². The van der Waals surface area contributed by atoms with Crippen molar-refractivity contribution in [3.63, 3.8) is 0 Å². The number of nitrogens with one attached hydrogen (secondary N) is 2. The number of rotatable bonds is 6. The second-order valence-electron chi connectivity index (χ2n) is 7.02. The third-order valence-electron chi connectivity index (χ3n) is 5.69. The zero-order valence-electron chi connectivity index (χ0n) is 13.4. The van der Waals surface area contributed by atoms with Crippen molar-refractivity contribution in [1.82, 2.24) is 15.5 Å². The predicted octanol–water partition coefficient (Wildman–Crippen LogP) is 1.90. The summed E-state index contributed by atoms with van der Waals surface area (Å²) in [6.07, 6.45) is 10.4. The summed E-state index contributed by atoms with van der Waals surface area (Å²) in [5.74, 6) is 0.217. The minimum Gasteiger partial charge on any atom is -0.354 e. The maximum Gasteiger partial charge on any atom is 0.221 e. The first-order valence-corrected chi connectivity index (χ1v) is 8.15. The lowest BCUT2D eigenvalue weighted by Gasteiger charge is -2.47. The molecule has 2 aliphatic carbocycles. The molecule has 0 aliphatic heterocycles. The lowest BCUT2D eigenvalue weighted by Crippen LogP contribution is -2.58. The van der Waals surface area contributed by atoms with Crippen molar-refractivity contribution < 1.29 is 4.79 Å². The Bertz CT molecular complexity index is 331. The van der Waals surface area contributed by atoms with E-state index >= 15 is 0 Å². The van der Waals surface area contributed by atoms with Crippen LogP contribution in [0.4, 0.5) is 0 Å². The Morgan fingerprint density at radius 3 is 2.15 bits per heavy atom. The SMILES string of the molecule is CNC1(CC(=O)NCC2(N(C)C)CCC2)CCCCC1. The molecule has 4 heteroatoms. The Kier molecular flexibility index (Phi) is 5.08. The smallest absolute Gasteiger partial charge is 0.221 e. The number of likely N-dealkylation sites (N-methyl/N-ethyl adjacent to an activating group) is 1. The summed E-state index contributed by atoms with van der Waals surface area (Å²) in [4.78, 5) is 14.6. The zero-order chi connectivity index (χ0) is 14.6. The van der Waals surface area contributed by atoms with Crippen LogP contribution in [0, 0.1) is 0 Å². The molecule has 0 aromatic carbocycles. The van der Waals surface area contributed by atoms with E-state index in [-0.39, 0.29) is 17.0 Å². The molecule has 0 saturated heterocycles. The van der Waals surface area contributed by atoms with Gasteiger partial charge in [-0.05, 0) is 53.2 Å². The normalized spacial score (nSPS) is 24.2. The molecule has 0 unspecified atom stereocenters. The van der Waals surface area contributed by atoms with Gasteiger partial charge in [-0.2, -0.15) is 0 Å². The third kappa shape index (κ3) is 3.34. The van der Waals surface area contributed by atoms with E-state index in [9.17, 15) is 4.79 Å². The van der Waals surface area contributed by atoms with Crippen LogP contribution in [-0.2, 0) is 4.79 Å². The average Bonchev–Trinajstić information content (AvgIpc) is 2.38. The van der Waals surface area contributed by atoms with Crippen LogP contribution in [0.5, 0.6) is 0 Å². The highest BCUT2D eigenvalue weighted by atomic mass is 16.1. The van der Waals surface area contributed by atoms with Gasteiger partial charge in [0.25, 0.3) is 0 Å². The molecular weight excluding hydrogens is 250 g/mol. The quantitative estimate of drug-likeness (QED) is 0.781. The predicted molar refractivity (Wildman–Crippen MR) is 82.8 cm³/mol. The van der Waals surface area contributed by atoms with Crippen molar-refractivity contribution >= 4 is 5.91 Å². The molecular formula is C16H31N3O. The van der Waals surface area contributed by atoms with E-state index in [4.69, 9.17) is 0 Å². The van der Waals surface area contributed by atoms with Crippen molar-refractivity contribution in [2.24, 2.45) is 0 Å². The summed E-state index contributed by atoms with van der Waals surface area (Å²) in [5, 5.41) is 6.62. The lowest BCUT2D eigenvalue weighted by atomic mass is 9.75. The summed E-state index contributed by atoms with van der Waals surface area (Å²) in [5.41, 5.74) is 0.266. The van der Waals surface area contributed by atoms with Crippen LogP contribution in [0.1, 0.15) is 57.8 Å². The van der Waals surface area contributed by atoms with Crippen LogP contribution in [0.3, 0.4) is 0 Å². The maximum absolute atomic E-state index is 12.3. The van der Waals surface area contributed by atoms with E-state index in [2.05, 4.69) is 29.6 Å². The molecule has 0 heterocycles. The molecule has 0 bridgehead atoms. The van der Waals surface area contributed by atoms with Gasteiger partial charge >= 0.3 is 0 Å². The molecule has 0 aromatic rings. The molecule has 4 nitrogen and oxygen atoms in total. The largest absolute Gasteiger partial charge is 0.354 e. The van der Waals surface area contributed by atoms with Crippen molar-refractivity contribution in [1.29, 1.82) is 0 Å². The molecule has 2 saturated carbocycles. The number of nitrogens with zero attached hydrogens (tertiary/aromatic N) is 1. The Morgan fingerprint density at radius 2 is 1.70 bits per heavy atom. The molecule has 2 rings (SSSR count). The highest BCUT2D eigenvalue weighted by Crippen LogP contribution is 2.35. The molecule has 0 aromatic heterocycles. The highest BCUT2D eigenvalue weighted by Gasteiger charge is 2.40. The maximum atomic E-state index is 12.3. The average molecular weight is 281 g/mol. The summed E-state index contributed by atoms with van der Waals surface area (Å²) in [6, 6.07) is 0. The number of carbonyl (C=O) groups is 1. The molecule has 0 spiro atoms. The Balaban J connectivity index is 1.82.